The van der Waals surface area contributed by atoms with Gasteiger partial charge in [0.2, 0.25) is 10.0 Å². The van der Waals surface area contributed by atoms with E-state index < -0.39 is 10.0 Å². The second kappa shape index (κ2) is 4.64. The molecule has 0 saturated heterocycles. The zero-order valence-corrected chi connectivity index (χ0v) is 11.1. The maximum Gasteiger partial charge on any atom is 0.240 e. The maximum atomic E-state index is 12.1. The average molecular weight is 266 g/mol. The minimum atomic E-state index is -3.33. The van der Waals surface area contributed by atoms with Crippen LogP contribution in [0, 0.1) is 5.92 Å². The van der Waals surface area contributed by atoms with E-state index in [1.54, 1.807) is 12.1 Å². The molecule has 1 heterocycles. The Bertz CT molecular complexity index is 550. The Balaban J connectivity index is 1.75. The van der Waals surface area contributed by atoms with Crippen LogP contribution in [-0.4, -0.2) is 15.0 Å². The molecule has 0 radical (unpaired) electrons. The van der Waals surface area contributed by atoms with Crippen molar-refractivity contribution in [3.05, 3.63) is 29.3 Å². The quantitative estimate of drug-likeness (QED) is 0.865. The first-order valence-electron chi connectivity index (χ1n) is 6.47. The smallest absolute Gasteiger partial charge is 0.240 e. The third kappa shape index (κ3) is 2.30. The van der Waals surface area contributed by atoms with Crippen LogP contribution in [0.15, 0.2) is 23.1 Å². The predicted octanol–water partition coefficient (Wildman–Crippen LogP) is 1.37. The van der Waals surface area contributed by atoms with E-state index >= 15 is 0 Å². The van der Waals surface area contributed by atoms with Crippen molar-refractivity contribution in [3.63, 3.8) is 0 Å². The molecule has 2 aliphatic rings. The number of benzene rings is 1. The molecule has 0 spiro atoms. The van der Waals surface area contributed by atoms with Gasteiger partial charge in [0.1, 0.15) is 0 Å². The fourth-order valence-corrected chi connectivity index (χ4v) is 3.61. The lowest BCUT2D eigenvalue weighted by molar-refractivity contribution is 0.316. The van der Waals surface area contributed by atoms with Crippen molar-refractivity contribution in [3.8, 4) is 0 Å². The van der Waals surface area contributed by atoms with Crippen molar-refractivity contribution < 1.29 is 8.42 Å². The van der Waals surface area contributed by atoms with Crippen LogP contribution in [0.5, 0.6) is 0 Å². The van der Waals surface area contributed by atoms with Crippen LogP contribution in [0.3, 0.4) is 0 Å². The van der Waals surface area contributed by atoms with Crippen molar-refractivity contribution in [2.75, 3.05) is 6.54 Å². The van der Waals surface area contributed by atoms with Crippen LogP contribution in [0.2, 0.25) is 0 Å². The van der Waals surface area contributed by atoms with Crippen molar-refractivity contribution >= 4 is 10.0 Å². The van der Waals surface area contributed by atoms with Gasteiger partial charge in [-0.05, 0) is 42.0 Å². The lowest BCUT2D eigenvalue weighted by Gasteiger charge is -2.25. The second-order valence-electron chi connectivity index (χ2n) is 5.18. The number of nitrogens with one attached hydrogen (secondary N) is 2. The third-order valence-electron chi connectivity index (χ3n) is 3.91. The van der Waals surface area contributed by atoms with Gasteiger partial charge in [0.05, 0.1) is 4.90 Å². The molecule has 5 heteroatoms. The molecular formula is C13H18N2O2S. The molecule has 0 atom stereocenters. The first kappa shape index (κ1) is 12.1. The summed E-state index contributed by atoms with van der Waals surface area (Å²) in [4.78, 5) is 0.393. The summed E-state index contributed by atoms with van der Waals surface area (Å²) in [5, 5.41) is 3.22. The van der Waals surface area contributed by atoms with Crippen molar-refractivity contribution in [2.24, 2.45) is 5.92 Å². The molecule has 0 aromatic heterocycles. The van der Waals surface area contributed by atoms with E-state index in [-0.39, 0.29) is 0 Å². The minimum absolute atomic E-state index is 0.393. The van der Waals surface area contributed by atoms with E-state index in [1.807, 2.05) is 6.07 Å². The molecule has 98 valence electrons. The Hall–Kier alpha value is -0.910. The maximum absolute atomic E-state index is 12.1. The van der Waals surface area contributed by atoms with Crippen LogP contribution in [0.1, 0.15) is 30.4 Å². The first-order valence-corrected chi connectivity index (χ1v) is 7.96. The van der Waals surface area contributed by atoms with Crippen LogP contribution in [0.25, 0.3) is 0 Å². The highest BCUT2D eigenvalue weighted by Gasteiger charge is 2.22. The Kier molecular flexibility index (Phi) is 3.13. The van der Waals surface area contributed by atoms with Gasteiger partial charge in [0.25, 0.3) is 0 Å². The molecule has 0 bridgehead atoms. The van der Waals surface area contributed by atoms with E-state index in [0.29, 0.717) is 17.4 Å². The fraction of sp³-hybridized carbons (Fsp3) is 0.538. The van der Waals surface area contributed by atoms with Crippen LogP contribution >= 0.6 is 0 Å². The number of sulfonamides is 1. The zero-order chi connectivity index (χ0) is 12.6. The molecule has 1 aromatic rings. The zero-order valence-electron chi connectivity index (χ0n) is 10.3. The summed E-state index contributed by atoms with van der Waals surface area (Å²) in [6.07, 6.45) is 3.53. The van der Waals surface area contributed by atoms with E-state index in [1.165, 1.54) is 12.0 Å². The number of fused-ring (bicyclic) bond motifs is 1. The van der Waals surface area contributed by atoms with Gasteiger partial charge < -0.3 is 5.32 Å². The first-order chi connectivity index (χ1) is 8.65. The summed E-state index contributed by atoms with van der Waals surface area (Å²) in [5.41, 5.74) is 2.30. The van der Waals surface area contributed by atoms with Crippen molar-refractivity contribution in [1.29, 1.82) is 0 Å². The fourth-order valence-electron chi connectivity index (χ4n) is 2.45. The lowest BCUT2D eigenvalue weighted by atomic mass is 9.86. The largest absolute Gasteiger partial charge is 0.309 e. The highest BCUT2D eigenvalue weighted by molar-refractivity contribution is 7.89. The van der Waals surface area contributed by atoms with E-state index in [2.05, 4.69) is 10.0 Å². The van der Waals surface area contributed by atoms with Gasteiger partial charge in [-0.25, -0.2) is 13.1 Å². The molecular weight excluding hydrogens is 248 g/mol. The van der Waals surface area contributed by atoms with Crippen molar-refractivity contribution in [2.45, 2.75) is 37.2 Å². The Labute approximate surface area is 108 Å². The second-order valence-corrected chi connectivity index (χ2v) is 6.95. The average Bonchev–Trinajstić information content (AvgIpc) is 2.73. The van der Waals surface area contributed by atoms with Gasteiger partial charge in [0, 0.05) is 19.6 Å². The van der Waals surface area contributed by atoms with Gasteiger partial charge in [-0.2, -0.15) is 0 Å². The van der Waals surface area contributed by atoms with Crippen LogP contribution in [0.4, 0.5) is 0 Å². The van der Waals surface area contributed by atoms with Gasteiger partial charge in [-0.1, -0.05) is 12.5 Å². The molecule has 1 aliphatic heterocycles. The molecule has 0 amide bonds. The molecule has 0 unspecified atom stereocenters. The summed E-state index contributed by atoms with van der Waals surface area (Å²) in [7, 11) is -3.33. The summed E-state index contributed by atoms with van der Waals surface area (Å²) >= 11 is 0. The molecule has 2 N–H and O–H groups in total. The highest BCUT2D eigenvalue weighted by Crippen LogP contribution is 2.26. The van der Waals surface area contributed by atoms with E-state index in [4.69, 9.17) is 0 Å². The normalized spacial score (nSPS) is 19.6. The lowest BCUT2D eigenvalue weighted by Crippen LogP contribution is -2.32. The number of hydrogen-bond acceptors (Lipinski definition) is 3. The standard InChI is InChI=1S/C13H18N2O2S/c16-18(17,15-7-10-2-1-3-10)13-5-4-11-8-14-9-12(11)6-13/h4-6,10,14-15H,1-3,7-9H2. The predicted molar refractivity (Wildman–Crippen MR) is 69.5 cm³/mol. The van der Waals surface area contributed by atoms with E-state index in [9.17, 15) is 8.42 Å². The van der Waals surface area contributed by atoms with Gasteiger partial charge in [0.15, 0.2) is 0 Å². The topological polar surface area (TPSA) is 58.2 Å². The summed E-state index contributed by atoms with van der Waals surface area (Å²) in [6, 6.07) is 5.40. The highest BCUT2D eigenvalue weighted by atomic mass is 32.2. The summed E-state index contributed by atoms with van der Waals surface area (Å²) in [5.74, 6) is 0.538. The number of hydrogen-bond donors (Lipinski definition) is 2. The molecule has 3 rings (SSSR count). The third-order valence-corrected chi connectivity index (χ3v) is 5.33. The van der Waals surface area contributed by atoms with Gasteiger partial charge in [-0.3, -0.25) is 0 Å². The Morgan fingerprint density at radius 3 is 2.72 bits per heavy atom. The summed E-state index contributed by atoms with van der Waals surface area (Å²) < 4.78 is 27.0. The van der Waals surface area contributed by atoms with Crippen molar-refractivity contribution in [1.82, 2.24) is 10.0 Å². The monoisotopic (exact) mass is 266 g/mol. The van der Waals surface area contributed by atoms with Gasteiger partial charge in [-0.15, -0.1) is 0 Å². The molecule has 1 aromatic carbocycles. The minimum Gasteiger partial charge on any atom is -0.309 e. The number of rotatable bonds is 4. The molecule has 4 nitrogen and oxygen atoms in total. The van der Waals surface area contributed by atoms with Gasteiger partial charge >= 0.3 is 0 Å². The summed E-state index contributed by atoms with van der Waals surface area (Å²) in [6.45, 7) is 2.18. The molecule has 1 fully saturated rings. The van der Waals surface area contributed by atoms with Crippen LogP contribution in [-0.2, 0) is 23.1 Å². The molecule has 18 heavy (non-hydrogen) atoms. The Morgan fingerprint density at radius 1 is 1.22 bits per heavy atom. The van der Waals surface area contributed by atoms with Crippen LogP contribution < -0.4 is 10.0 Å². The molecule has 1 aliphatic carbocycles. The molecule has 1 saturated carbocycles. The SMILES string of the molecule is O=S(=O)(NCC1CCC1)c1ccc2c(c1)CNC2. The Morgan fingerprint density at radius 2 is 2.00 bits per heavy atom. The van der Waals surface area contributed by atoms with E-state index in [0.717, 1.165) is 31.5 Å².